The van der Waals surface area contributed by atoms with E-state index in [1.165, 1.54) is 30.3 Å². The van der Waals surface area contributed by atoms with Crippen molar-refractivity contribution in [3.8, 4) is 0 Å². The molecule has 1 heterocycles. The second-order valence-corrected chi connectivity index (χ2v) is 7.40. The Labute approximate surface area is 182 Å². The summed E-state index contributed by atoms with van der Waals surface area (Å²) >= 11 is 0. The van der Waals surface area contributed by atoms with Crippen molar-refractivity contribution >= 4 is 5.97 Å². The average Bonchev–Trinajstić information content (AvgIpc) is 3.09. The lowest BCUT2D eigenvalue weighted by molar-refractivity contribution is -0.215. The summed E-state index contributed by atoms with van der Waals surface area (Å²) in [6.07, 6.45) is -17.3. The Balaban J connectivity index is 2.01. The molecule has 0 spiro atoms. The molecule has 1 aliphatic carbocycles. The Bertz CT molecular complexity index is 986. The molecular weight excluding hydrogens is 468 g/mol. The molecule has 0 saturated carbocycles. The summed E-state index contributed by atoms with van der Waals surface area (Å²) in [5.74, 6) is -5.13. The van der Waals surface area contributed by atoms with Crippen molar-refractivity contribution in [2.24, 2.45) is 0 Å². The van der Waals surface area contributed by atoms with Crippen LogP contribution in [0.4, 0.5) is 35.1 Å². The van der Waals surface area contributed by atoms with Crippen LogP contribution >= 0.6 is 0 Å². The van der Waals surface area contributed by atoms with Gasteiger partial charge >= 0.3 is 18.3 Å². The number of benzene rings is 1. The molecule has 0 bridgehead atoms. The zero-order valence-corrected chi connectivity index (χ0v) is 17.0. The van der Waals surface area contributed by atoms with Gasteiger partial charge in [-0.2, -0.15) is 31.4 Å². The standard InChI is InChI=1S/C20H18F8N2O3/c1-32-13(19(23,24)25)8-10-30-12-7-9-18(21,22)16(14(12)15(29-30)20(26,27)28)33-17(31)11-5-3-2-4-6-11/h2-6,13,16H,7-10H2,1H3/t13-,16-/m0/s1. The number of nitrogens with zero attached hydrogens (tertiary/aromatic N) is 2. The van der Waals surface area contributed by atoms with Gasteiger partial charge in [0.1, 0.15) is 0 Å². The van der Waals surface area contributed by atoms with Crippen LogP contribution < -0.4 is 0 Å². The fourth-order valence-electron chi connectivity index (χ4n) is 3.62. The molecule has 0 unspecified atom stereocenters. The normalized spacial score (nSPS) is 19.1. The Morgan fingerprint density at radius 3 is 2.36 bits per heavy atom. The van der Waals surface area contributed by atoms with Crippen LogP contribution in [0.2, 0.25) is 0 Å². The van der Waals surface area contributed by atoms with E-state index in [0.29, 0.717) is 4.68 Å². The molecule has 0 N–H and O–H groups in total. The van der Waals surface area contributed by atoms with Crippen molar-refractivity contribution in [3.05, 3.63) is 52.8 Å². The third kappa shape index (κ3) is 5.28. The van der Waals surface area contributed by atoms with Gasteiger partial charge in [-0.15, -0.1) is 0 Å². The number of carbonyl (C=O) groups excluding carboxylic acids is 1. The summed E-state index contributed by atoms with van der Waals surface area (Å²) in [5, 5.41) is 3.29. The first-order valence-corrected chi connectivity index (χ1v) is 9.66. The number of hydrogen-bond acceptors (Lipinski definition) is 4. The quantitative estimate of drug-likeness (QED) is 0.408. The summed E-state index contributed by atoms with van der Waals surface area (Å²) in [7, 11) is 0.789. The number of hydrogen-bond donors (Lipinski definition) is 0. The maximum absolute atomic E-state index is 14.7. The minimum absolute atomic E-state index is 0.158. The van der Waals surface area contributed by atoms with Crippen molar-refractivity contribution in [1.29, 1.82) is 0 Å². The van der Waals surface area contributed by atoms with Crippen LogP contribution in [0.25, 0.3) is 0 Å². The van der Waals surface area contributed by atoms with Crippen molar-refractivity contribution in [3.63, 3.8) is 0 Å². The van der Waals surface area contributed by atoms with E-state index < -0.39 is 73.5 Å². The molecule has 0 amide bonds. The number of methoxy groups -OCH3 is 1. The van der Waals surface area contributed by atoms with E-state index in [1.807, 2.05) is 0 Å². The first kappa shape index (κ1) is 24.9. The number of ether oxygens (including phenoxy) is 2. The lowest BCUT2D eigenvalue weighted by Gasteiger charge is -2.32. The van der Waals surface area contributed by atoms with Crippen LogP contribution in [-0.2, 0) is 28.6 Å². The molecule has 1 aliphatic rings. The number of esters is 1. The Hall–Kier alpha value is -2.70. The second kappa shape index (κ2) is 8.92. The summed E-state index contributed by atoms with van der Waals surface area (Å²) in [4.78, 5) is 12.3. The van der Waals surface area contributed by atoms with E-state index >= 15 is 0 Å². The van der Waals surface area contributed by atoms with E-state index in [0.717, 1.165) is 7.11 Å². The van der Waals surface area contributed by atoms with Gasteiger partial charge in [0.05, 0.1) is 11.1 Å². The SMILES string of the molecule is CO[C@@H](CCn1nc(C(F)(F)F)c2c1CCC(F)(F)[C@H]2OC(=O)c1ccccc1)C(F)(F)F. The molecular formula is C20H18F8N2O3. The van der Waals surface area contributed by atoms with Gasteiger partial charge in [-0.05, 0) is 18.6 Å². The predicted octanol–water partition coefficient (Wildman–Crippen LogP) is 5.35. The largest absolute Gasteiger partial charge is 0.447 e. The Morgan fingerprint density at radius 1 is 1.18 bits per heavy atom. The average molecular weight is 486 g/mol. The molecule has 5 nitrogen and oxygen atoms in total. The van der Waals surface area contributed by atoms with Gasteiger partial charge in [0.2, 0.25) is 0 Å². The molecule has 13 heteroatoms. The highest BCUT2D eigenvalue weighted by molar-refractivity contribution is 5.89. The highest BCUT2D eigenvalue weighted by atomic mass is 19.4. The molecule has 182 valence electrons. The summed E-state index contributed by atoms with van der Waals surface area (Å²) < 4.78 is 119. The van der Waals surface area contributed by atoms with Crippen LogP contribution in [0.5, 0.6) is 0 Å². The second-order valence-electron chi connectivity index (χ2n) is 7.40. The molecule has 0 radical (unpaired) electrons. The first-order chi connectivity index (χ1) is 15.3. The maximum atomic E-state index is 14.7. The van der Waals surface area contributed by atoms with E-state index in [1.54, 1.807) is 0 Å². The minimum Gasteiger partial charge on any atom is -0.447 e. The lowest BCUT2D eigenvalue weighted by atomic mass is 9.89. The molecule has 0 fully saturated rings. The number of fused-ring (bicyclic) bond motifs is 1. The first-order valence-electron chi connectivity index (χ1n) is 9.66. The van der Waals surface area contributed by atoms with Crippen LogP contribution in [0.15, 0.2) is 30.3 Å². The highest BCUT2D eigenvalue weighted by Gasteiger charge is 2.54. The molecule has 33 heavy (non-hydrogen) atoms. The zero-order chi connectivity index (χ0) is 24.6. The third-order valence-electron chi connectivity index (χ3n) is 5.19. The number of halogens is 8. The third-order valence-corrected chi connectivity index (χ3v) is 5.19. The number of rotatable bonds is 6. The molecule has 2 atom stereocenters. The van der Waals surface area contributed by atoms with Gasteiger partial charge in [-0.3, -0.25) is 4.68 Å². The molecule has 0 saturated heterocycles. The highest BCUT2D eigenvalue weighted by Crippen LogP contribution is 2.48. The number of aromatic nitrogens is 2. The van der Waals surface area contributed by atoms with Crippen LogP contribution in [0.3, 0.4) is 0 Å². The van der Waals surface area contributed by atoms with Crippen molar-refractivity contribution in [2.45, 2.75) is 56.3 Å². The smallest absolute Gasteiger partial charge is 0.435 e. The lowest BCUT2D eigenvalue weighted by Crippen LogP contribution is -2.36. The monoisotopic (exact) mass is 486 g/mol. The molecule has 2 aromatic rings. The van der Waals surface area contributed by atoms with E-state index in [9.17, 15) is 39.9 Å². The fraction of sp³-hybridized carbons (Fsp3) is 0.500. The fourth-order valence-corrected chi connectivity index (χ4v) is 3.62. The molecule has 3 rings (SSSR count). The molecule has 0 aliphatic heterocycles. The van der Waals surface area contributed by atoms with Crippen molar-refractivity contribution in [2.75, 3.05) is 7.11 Å². The van der Waals surface area contributed by atoms with Crippen molar-refractivity contribution in [1.82, 2.24) is 9.78 Å². The number of carbonyl (C=O) groups is 1. The number of aryl methyl sites for hydroxylation is 1. The van der Waals surface area contributed by atoms with Crippen LogP contribution in [0, 0.1) is 0 Å². The summed E-state index contributed by atoms with van der Waals surface area (Å²) in [5.41, 5.74) is -3.31. The van der Waals surface area contributed by atoms with E-state index in [4.69, 9.17) is 4.74 Å². The molecule has 1 aromatic carbocycles. The van der Waals surface area contributed by atoms with E-state index in [-0.39, 0.29) is 11.3 Å². The topological polar surface area (TPSA) is 53.4 Å². The van der Waals surface area contributed by atoms with Gasteiger partial charge in [0, 0.05) is 32.2 Å². The minimum atomic E-state index is -5.22. The van der Waals surface area contributed by atoms with Crippen LogP contribution in [-0.4, -0.2) is 41.1 Å². The van der Waals surface area contributed by atoms with Gasteiger partial charge in [-0.1, -0.05) is 18.2 Å². The van der Waals surface area contributed by atoms with Gasteiger partial charge in [-0.25, -0.2) is 13.6 Å². The van der Waals surface area contributed by atoms with Crippen molar-refractivity contribution < 1.29 is 49.4 Å². The zero-order valence-electron chi connectivity index (χ0n) is 17.0. The maximum Gasteiger partial charge on any atom is 0.435 e. The molecule has 1 aromatic heterocycles. The predicted molar refractivity (Wildman–Crippen MR) is 96.6 cm³/mol. The van der Waals surface area contributed by atoms with E-state index in [2.05, 4.69) is 9.84 Å². The Morgan fingerprint density at radius 2 is 1.82 bits per heavy atom. The van der Waals surface area contributed by atoms with Crippen LogP contribution in [0.1, 0.15) is 46.3 Å². The summed E-state index contributed by atoms with van der Waals surface area (Å²) in [6.45, 7) is -0.679. The van der Waals surface area contributed by atoms with Gasteiger partial charge < -0.3 is 9.47 Å². The number of alkyl halides is 8. The summed E-state index contributed by atoms with van der Waals surface area (Å²) in [6, 6.07) is 6.82. The van der Waals surface area contributed by atoms with Gasteiger partial charge in [0.15, 0.2) is 17.9 Å². The Kier molecular flexibility index (Phi) is 6.74. The van der Waals surface area contributed by atoms with Gasteiger partial charge in [0.25, 0.3) is 5.92 Å².